The van der Waals surface area contributed by atoms with Gasteiger partial charge in [-0.3, -0.25) is 4.79 Å². The Labute approximate surface area is 110 Å². The van der Waals surface area contributed by atoms with Crippen LogP contribution in [0.2, 0.25) is 0 Å². The van der Waals surface area contributed by atoms with Crippen LogP contribution in [0.25, 0.3) is 0 Å². The summed E-state index contributed by atoms with van der Waals surface area (Å²) in [7, 11) is 0. The van der Waals surface area contributed by atoms with Gasteiger partial charge in [-0.15, -0.1) is 0 Å². The van der Waals surface area contributed by atoms with Gasteiger partial charge in [0.2, 0.25) is 0 Å². The van der Waals surface area contributed by atoms with Crippen LogP contribution < -0.4 is 5.56 Å². The van der Waals surface area contributed by atoms with E-state index in [1.807, 2.05) is 22.6 Å². The summed E-state index contributed by atoms with van der Waals surface area (Å²) in [5.74, 6) is 0. The Balaban J connectivity index is 2.32. The molecule has 0 aliphatic heterocycles. The van der Waals surface area contributed by atoms with Crippen LogP contribution in [0.1, 0.15) is 6.42 Å². The largest absolute Gasteiger partial charge is 0.411 e. The summed E-state index contributed by atoms with van der Waals surface area (Å²) in [6, 6.07) is 3.40. The van der Waals surface area contributed by atoms with E-state index in [-0.39, 0.29) is 12.2 Å². The summed E-state index contributed by atoms with van der Waals surface area (Å²) in [4.78, 5) is 11.5. The number of nitrogens with zero attached hydrogens (tertiary/aromatic N) is 1. The van der Waals surface area contributed by atoms with Crippen molar-refractivity contribution in [1.82, 2.24) is 4.57 Å². The molecule has 0 N–H and O–H groups in total. The second kappa shape index (κ2) is 6.39. The highest BCUT2D eigenvalue weighted by Crippen LogP contribution is 2.14. The zero-order valence-corrected chi connectivity index (χ0v) is 11.0. The van der Waals surface area contributed by atoms with Crippen molar-refractivity contribution in [2.75, 3.05) is 13.2 Å². The second-order valence-corrected chi connectivity index (χ2v) is 4.54. The van der Waals surface area contributed by atoms with Crippen molar-refractivity contribution in [3.8, 4) is 0 Å². The van der Waals surface area contributed by atoms with Gasteiger partial charge in [-0.05, 0) is 41.1 Å². The molecule has 0 spiro atoms. The molecule has 0 aromatic carbocycles. The van der Waals surface area contributed by atoms with Crippen molar-refractivity contribution in [3.63, 3.8) is 0 Å². The summed E-state index contributed by atoms with van der Waals surface area (Å²) in [6.07, 6.45) is -2.32. The molecule has 1 aromatic rings. The molecule has 0 atom stereocenters. The molecule has 1 aromatic heterocycles. The summed E-state index contributed by atoms with van der Waals surface area (Å²) in [6.45, 7) is -0.904. The van der Waals surface area contributed by atoms with E-state index in [1.54, 1.807) is 18.3 Å². The number of aromatic nitrogens is 1. The standard InChI is InChI=1S/C10H11F3INO2/c11-10(12,13)7-17-6-2-5-15-4-1-3-8(14)9(15)16/h1,3-4H,2,5-7H2. The fourth-order valence-electron chi connectivity index (χ4n) is 1.21. The zero-order chi connectivity index (χ0) is 12.9. The van der Waals surface area contributed by atoms with E-state index in [0.29, 0.717) is 16.5 Å². The molecule has 1 rings (SSSR count). The van der Waals surface area contributed by atoms with Crippen LogP contribution in [0.15, 0.2) is 23.1 Å². The van der Waals surface area contributed by atoms with Crippen molar-refractivity contribution < 1.29 is 17.9 Å². The van der Waals surface area contributed by atoms with Gasteiger partial charge in [-0.1, -0.05) is 0 Å². The van der Waals surface area contributed by atoms with Crippen molar-refractivity contribution in [2.45, 2.75) is 19.1 Å². The normalized spacial score (nSPS) is 11.8. The molecular formula is C10H11F3INO2. The Morgan fingerprint density at radius 3 is 2.76 bits per heavy atom. The smallest absolute Gasteiger partial charge is 0.372 e. The predicted molar refractivity (Wildman–Crippen MR) is 64.9 cm³/mol. The van der Waals surface area contributed by atoms with E-state index in [1.165, 1.54) is 4.57 Å². The maximum Gasteiger partial charge on any atom is 0.411 e. The first-order valence-corrected chi connectivity index (χ1v) is 5.97. The fourth-order valence-corrected chi connectivity index (χ4v) is 1.73. The number of rotatable bonds is 5. The maximum absolute atomic E-state index is 11.7. The number of hydrogen-bond acceptors (Lipinski definition) is 2. The van der Waals surface area contributed by atoms with Gasteiger partial charge >= 0.3 is 6.18 Å². The quantitative estimate of drug-likeness (QED) is 0.596. The van der Waals surface area contributed by atoms with Gasteiger partial charge in [-0.2, -0.15) is 13.2 Å². The summed E-state index contributed by atoms with van der Waals surface area (Å²) >= 11 is 1.92. The number of ether oxygens (including phenoxy) is 1. The third-order valence-electron chi connectivity index (χ3n) is 1.93. The van der Waals surface area contributed by atoms with Gasteiger partial charge in [0.25, 0.3) is 5.56 Å². The van der Waals surface area contributed by atoms with E-state index in [9.17, 15) is 18.0 Å². The van der Waals surface area contributed by atoms with Crippen LogP contribution in [0.4, 0.5) is 13.2 Å². The summed E-state index contributed by atoms with van der Waals surface area (Å²) < 4.78 is 41.7. The van der Waals surface area contributed by atoms with Crippen molar-refractivity contribution in [2.24, 2.45) is 0 Å². The Morgan fingerprint density at radius 1 is 1.41 bits per heavy atom. The Hall–Kier alpha value is -0.570. The van der Waals surface area contributed by atoms with Crippen LogP contribution >= 0.6 is 22.6 Å². The fraction of sp³-hybridized carbons (Fsp3) is 0.500. The number of hydrogen-bond donors (Lipinski definition) is 0. The van der Waals surface area contributed by atoms with E-state index < -0.39 is 12.8 Å². The Bertz CT molecular complexity index is 417. The molecule has 0 bridgehead atoms. The first-order chi connectivity index (χ1) is 7.90. The molecule has 0 aliphatic rings. The number of pyridine rings is 1. The average Bonchev–Trinajstić information content (AvgIpc) is 2.22. The molecule has 0 unspecified atom stereocenters. The third-order valence-corrected chi connectivity index (χ3v) is 2.75. The molecule has 7 heteroatoms. The first kappa shape index (κ1) is 14.5. The SMILES string of the molecule is O=c1c(I)cccn1CCCOCC(F)(F)F. The highest BCUT2D eigenvalue weighted by Gasteiger charge is 2.27. The Morgan fingerprint density at radius 2 is 2.12 bits per heavy atom. The van der Waals surface area contributed by atoms with E-state index in [2.05, 4.69) is 4.74 Å². The Kier molecular flexibility index (Phi) is 5.44. The minimum absolute atomic E-state index is 0.0164. The third kappa shape index (κ3) is 5.53. The summed E-state index contributed by atoms with van der Waals surface area (Å²) in [5, 5.41) is 0. The predicted octanol–water partition coefficient (Wildman–Crippen LogP) is 2.42. The lowest BCUT2D eigenvalue weighted by Gasteiger charge is -2.08. The lowest BCUT2D eigenvalue weighted by molar-refractivity contribution is -0.174. The van der Waals surface area contributed by atoms with Crippen LogP contribution in [0.5, 0.6) is 0 Å². The molecular weight excluding hydrogens is 350 g/mol. The van der Waals surface area contributed by atoms with Crippen LogP contribution in [-0.2, 0) is 11.3 Å². The minimum Gasteiger partial charge on any atom is -0.372 e. The summed E-state index contributed by atoms with van der Waals surface area (Å²) in [5.41, 5.74) is -0.135. The lowest BCUT2D eigenvalue weighted by Crippen LogP contribution is -2.23. The van der Waals surface area contributed by atoms with E-state index in [0.717, 1.165) is 0 Å². The van der Waals surface area contributed by atoms with Crippen LogP contribution in [-0.4, -0.2) is 24.0 Å². The van der Waals surface area contributed by atoms with Crippen molar-refractivity contribution >= 4 is 22.6 Å². The highest BCUT2D eigenvalue weighted by atomic mass is 127. The average molecular weight is 361 g/mol. The number of alkyl halides is 3. The molecule has 0 aliphatic carbocycles. The molecule has 3 nitrogen and oxygen atoms in total. The topological polar surface area (TPSA) is 31.2 Å². The molecule has 96 valence electrons. The van der Waals surface area contributed by atoms with Gasteiger partial charge in [-0.25, -0.2) is 0 Å². The van der Waals surface area contributed by atoms with Crippen LogP contribution in [0, 0.1) is 3.57 Å². The molecule has 0 saturated carbocycles. The van der Waals surface area contributed by atoms with Gasteiger partial charge in [0, 0.05) is 19.3 Å². The molecule has 17 heavy (non-hydrogen) atoms. The van der Waals surface area contributed by atoms with E-state index >= 15 is 0 Å². The number of halogens is 4. The molecule has 0 saturated heterocycles. The molecule has 0 amide bonds. The van der Waals surface area contributed by atoms with Crippen molar-refractivity contribution in [3.05, 3.63) is 32.3 Å². The van der Waals surface area contributed by atoms with Gasteiger partial charge < -0.3 is 9.30 Å². The molecule has 1 heterocycles. The number of aryl methyl sites for hydroxylation is 1. The van der Waals surface area contributed by atoms with Gasteiger partial charge in [0.15, 0.2) is 0 Å². The zero-order valence-electron chi connectivity index (χ0n) is 8.84. The first-order valence-electron chi connectivity index (χ1n) is 4.89. The second-order valence-electron chi connectivity index (χ2n) is 3.38. The lowest BCUT2D eigenvalue weighted by atomic mass is 10.4. The molecule has 0 fully saturated rings. The van der Waals surface area contributed by atoms with Gasteiger partial charge in [0.05, 0.1) is 3.57 Å². The maximum atomic E-state index is 11.7. The van der Waals surface area contributed by atoms with Crippen molar-refractivity contribution in [1.29, 1.82) is 0 Å². The minimum atomic E-state index is -4.29. The van der Waals surface area contributed by atoms with Gasteiger partial charge in [0.1, 0.15) is 6.61 Å². The molecule has 0 radical (unpaired) electrons. The van der Waals surface area contributed by atoms with Crippen LogP contribution in [0.3, 0.4) is 0 Å². The highest BCUT2D eigenvalue weighted by molar-refractivity contribution is 14.1. The monoisotopic (exact) mass is 361 g/mol. The van der Waals surface area contributed by atoms with E-state index in [4.69, 9.17) is 0 Å².